The zero-order valence-corrected chi connectivity index (χ0v) is 14.4. The molecule has 0 aromatic carbocycles. The highest BCUT2D eigenvalue weighted by molar-refractivity contribution is 7.08. The molecule has 0 radical (unpaired) electrons. The maximum Gasteiger partial charge on any atom is 0.232 e. The summed E-state index contributed by atoms with van der Waals surface area (Å²) in [5, 5.41) is 8.77. The zero-order valence-electron chi connectivity index (χ0n) is 13.6. The first kappa shape index (κ1) is 15.6. The monoisotopic (exact) mass is 344 g/mol. The molecule has 6 nitrogen and oxygen atoms in total. The van der Waals surface area contributed by atoms with Crippen LogP contribution in [0.2, 0.25) is 0 Å². The van der Waals surface area contributed by atoms with Gasteiger partial charge in [0.25, 0.3) is 0 Å². The quantitative estimate of drug-likeness (QED) is 0.712. The van der Waals surface area contributed by atoms with Crippen molar-refractivity contribution in [2.24, 2.45) is 0 Å². The van der Waals surface area contributed by atoms with E-state index in [4.69, 9.17) is 9.47 Å². The van der Waals surface area contributed by atoms with Crippen molar-refractivity contribution in [3.8, 4) is 17.1 Å². The number of thiophene rings is 1. The third kappa shape index (κ3) is 3.28. The van der Waals surface area contributed by atoms with Gasteiger partial charge in [-0.05, 0) is 24.4 Å². The molecule has 0 amide bonds. The summed E-state index contributed by atoms with van der Waals surface area (Å²) in [4.78, 5) is 6.78. The number of imidazole rings is 1. The molecule has 1 aliphatic rings. The second kappa shape index (κ2) is 6.88. The molecule has 4 rings (SSSR count). The maximum atomic E-state index is 6.03. The van der Waals surface area contributed by atoms with Gasteiger partial charge in [-0.3, -0.25) is 4.90 Å². The Morgan fingerprint density at radius 2 is 2.17 bits per heavy atom. The predicted octanol–water partition coefficient (Wildman–Crippen LogP) is 2.56. The van der Waals surface area contributed by atoms with E-state index in [0.29, 0.717) is 5.88 Å². The smallest absolute Gasteiger partial charge is 0.232 e. The summed E-state index contributed by atoms with van der Waals surface area (Å²) >= 11 is 1.66. The molecule has 1 aliphatic heterocycles. The van der Waals surface area contributed by atoms with Crippen molar-refractivity contribution in [3.63, 3.8) is 0 Å². The molecule has 7 heteroatoms. The Hall–Kier alpha value is -1.96. The van der Waals surface area contributed by atoms with E-state index in [2.05, 4.69) is 38.7 Å². The van der Waals surface area contributed by atoms with Crippen LogP contribution >= 0.6 is 11.3 Å². The molecule has 0 bridgehead atoms. The molecule has 24 heavy (non-hydrogen) atoms. The normalized spacial score (nSPS) is 17.2. The molecule has 3 aromatic rings. The van der Waals surface area contributed by atoms with Gasteiger partial charge in [-0.1, -0.05) is 0 Å². The first-order chi connectivity index (χ1) is 11.8. The molecule has 126 valence electrons. The molecule has 0 spiro atoms. The third-order valence-corrected chi connectivity index (χ3v) is 4.78. The van der Waals surface area contributed by atoms with Crippen LogP contribution in [0.15, 0.2) is 35.2 Å². The molecular formula is C17H20N4O2S. The van der Waals surface area contributed by atoms with Crippen LogP contribution in [0.5, 0.6) is 5.88 Å². The number of fused-ring (bicyclic) bond motifs is 1. The molecule has 0 aliphatic carbocycles. The number of hydrogen-bond donors (Lipinski definition) is 0. The van der Waals surface area contributed by atoms with Gasteiger partial charge >= 0.3 is 0 Å². The van der Waals surface area contributed by atoms with E-state index in [1.165, 1.54) is 0 Å². The van der Waals surface area contributed by atoms with Gasteiger partial charge in [0.15, 0.2) is 5.65 Å². The topological polar surface area (TPSA) is 51.9 Å². The first-order valence-corrected chi connectivity index (χ1v) is 9.08. The summed E-state index contributed by atoms with van der Waals surface area (Å²) in [5.74, 6) is 0.623. The number of ether oxygens (including phenoxy) is 2. The van der Waals surface area contributed by atoms with Crippen LogP contribution in [0.3, 0.4) is 0 Å². The number of morpholine rings is 1. The third-order valence-electron chi connectivity index (χ3n) is 4.10. The number of nitrogens with zero attached hydrogens (tertiary/aromatic N) is 4. The minimum absolute atomic E-state index is 0.0705. The molecule has 4 heterocycles. The maximum absolute atomic E-state index is 6.03. The van der Waals surface area contributed by atoms with E-state index in [0.717, 1.165) is 49.8 Å². The summed E-state index contributed by atoms with van der Waals surface area (Å²) in [6.45, 7) is 6.49. The number of rotatable bonds is 5. The lowest BCUT2D eigenvalue weighted by molar-refractivity contribution is 0.0211. The Morgan fingerprint density at radius 3 is 2.96 bits per heavy atom. The molecule has 3 aromatic heterocycles. The molecule has 0 N–H and O–H groups in total. The van der Waals surface area contributed by atoms with E-state index in [-0.39, 0.29) is 6.10 Å². The SMILES string of the molecule is C[C@@H](CN1CCOCC1)Oc1ccc2ncc(-c3ccsc3)n2n1. The standard InChI is InChI=1S/C17H20N4O2S/c1-13(11-20-5-7-22-8-6-20)23-17-3-2-16-18-10-15(21(16)19-17)14-4-9-24-12-14/h2-4,9-10,12-13H,5-8,11H2,1H3/t13-/m0/s1. The Kier molecular flexibility index (Phi) is 4.46. The zero-order chi connectivity index (χ0) is 16.4. The van der Waals surface area contributed by atoms with Gasteiger partial charge < -0.3 is 9.47 Å². The summed E-state index contributed by atoms with van der Waals surface area (Å²) < 4.78 is 13.3. The Bertz CT molecular complexity index is 796. The first-order valence-electron chi connectivity index (χ1n) is 8.14. The van der Waals surface area contributed by atoms with Gasteiger partial charge in [0.1, 0.15) is 6.10 Å². The van der Waals surface area contributed by atoms with Crippen LogP contribution in [-0.4, -0.2) is 58.4 Å². The average molecular weight is 344 g/mol. The Labute approximate surface area is 144 Å². The van der Waals surface area contributed by atoms with Gasteiger partial charge in [-0.2, -0.15) is 11.3 Å². The Morgan fingerprint density at radius 1 is 1.29 bits per heavy atom. The van der Waals surface area contributed by atoms with Crippen LogP contribution in [-0.2, 0) is 4.74 Å². The van der Waals surface area contributed by atoms with Crippen LogP contribution in [0.4, 0.5) is 0 Å². The highest BCUT2D eigenvalue weighted by Gasteiger charge is 2.16. The molecule has 1 saturated heterocycles. The largest absolute Gasteiger partial charge is 0.472 e. The molecule has 0 unspecified atom stereocenters. The number of aromatic nitrogens is 3. The van der Waals surface area contributed by atoms with Crippen LogP contribution in [0.25, 0.3) is 16.9 Å². The molecular weight excluding hydrogens is 324 g/mol. The minimum atomic E-state index is 0.0705. The van der Waals surface area contributed by atoms with Crippen LogP contribution in [0, 0.1) is 0 Å². The van der Waals surface area contributed by atoms with E-state index in [1.54, 1.807) is 11.3 Å². The minimum Gasteiger partial charge on any atom is -0.472 e. The predicted molar refractivity (Wildman–Crippen MR) is 93.6 cm³/mol. The van der Waals surface area contributed by atoms with Crippen molar-refractivity contribution in [2.45, 2.75) is 13.0 Å². The lowest BCUT2D eigenvalue weighted by atomic mass is 10.3. The molecule has 1 atom stereocenters. The van der Waals surface area contributed by atoms with Gasteiger partial charge in [0, 0.05) is 36.6 Å². The summed E-state index contributed by atoms with van der Waals surface area (Å²) in [6, 6.07) is 5.90. The van der Waals surface area contributed by atoms with E-state index in [1.807, 2.05) is 22.8 Å². The van der Waals surface area contributed by atoms with Crippen molar-refractivity contribution < 1.29 is 9.47 Å². The average Bonchev–Trinajstić information content (AvgIpc) is 3.24. The summed E-state index contributed by atoms with van der Waals surface area (Å²) in [5.41, 5.74) is 2.93. The van der Waals surface area contributed by atoms with Gasteiger partial charge in [-0.25, -0.2) is 9.50 Å². The Balaban J connectivity index is 1.50. The second-order valence-electron chi connectivity index (χ2n) is 5.94. The van der Waals surface area contributed by atoms with Crippen LogP contribution in [0.1, 0.15) is 6.92 Å². The van der Waals surface area contributed by atoms with E-state index < -0.39 is 0 Å². The highest BCUT2D eigenvalue weighted by Crippen LogP contribution is 2.23. The summed E-state index contributed by atoms with van der Waals surface area (Å²) in [6.07, 6.45) is 1.92. The fourth-order valence-corrected chi connectivity index (χ4v) is 3.57. The fourth-order valence-electron chi connectivity index (χ4n) is 2.92. The highest BCUT2D eigenvalue weighted by atomic mass is 32.1. The van der Waals surface area contributed by atoms with E-state index in [9.17, 15) is 0 Å². The molecule has 0 saturated carbocycles. The summed E-state index contributed by atoms with van der Waals surface area (Å²) in [7, 11) is 0. The fraction of sp³-hybridized carbons (Fsp3) is 0.412. The van der Waals surface area contributed by atoms with Crippen molar-refractivity contribution in [1.29, 1.82) is 0 Å². The van der Waals surface area contributed by atoms with Crippen molar-refractivity contribution in [2.75, 3.05) is 32.8 Å². The van der Waals surface area contributed by atoms with Crippen molar-refractivity contribution >= 4 is 17.0 Å². The lowest BCUT2D eigenvalue weighted by Crippen LogP contribution is -2.41. The lowest BCUT2D eigenvalue weighted by Gasteiger charge is -2.28. The molecule has 1 fully saturated rings. The van der Waals surface area contributed by atoms with Gasteiger partial charge in [0.2, 0.25) is 5.88 Å². The van der Waals surface area contributed by atoms with Crippen molar-refractivity contribution in [3.05, 3.63) is 35.2 Å². The van der Waals surface area contributed by atoms with Crippen molar-refractivity contribution in [1.82, 2.24) is 19.5 Å². The van der Waals surface area contributed by atoms with Crippen LogP contribution < -0.4 is 4.74 Å². The van der Waals surface area contributed by atoms with E-state index >= 15 is 0 Å². The second-order valence-corrected chi connectivity index (χ2v) is 6.72. The number of hydrogen-bond acceptors (Lipinski definition) is 6. The van der Waals surface area contributed by atoms with Gasteiger partial charge in [0.05, 0.1) is 25.1 Å². The van der Waals surface area contributed by atoms with Gasteiger partial charge in [-0.15, -0.1) is 5.10 Å².